The van der Waals surface area contributed by atoms with Gasteiger partial charge in [-0.25, -0.2) is 0 Å². The van der Waals surface area contributed by atoms with Gasteiger partial charge in [0, 0.05) is 31.7 Å². The zero-order valence-corrected chi connectivity index (χ0v) is 22.5. The average molecular weight is 513 g/mol. The highest BCUT2D eigenvalue weighted by Gasteiger charge is 2.26. The Morgan fingerprint density at radius 1 is 0.842 bits per heavy atom. The fraction of sp³-hybridized carbons (Fsp3) is 0.344. The van der Waals surface area contributed by atoms with Crippen LogP contribution in [0, 0.1) is 0 Å². The van der Waals surface area contributed by atoms with Gasteiger partial charge in [0.1, 0.15) is 5.75 Å². The second-order valence-electron chi connectivity index (χ2n) is 9.94. The van der Waals surface area contributed by atoms with Crippen LogP contribution in [0.3, 0.4) is 0 Å². The lowest BCUT2D eigenvalue weighted by Crippen LogP contribution is -2.38. The van der Waals surface area contributed by atoms with Crippen molar-refractivity contribution in [1.29, 1.82) is 0 Å². The number of carbonyl (C=O) groups is 1. The van der Waals surface area contributed by atoms with Crippen LogP contribution in [0.4, 0.5) is 0 Å². The molecule has 0 spiro atoms. The van der Waals surface area contributed by atoms with Gasteiger partial charge in [0.25, 0.3) is 5.91 Å². The molecule has 0 aromatic heterocycles. The van der Waals surface area contributed by atoms with Gasteiger partial charge in [0.15, 0.2) is 11.5 Å². The second-order valence-corrected chi connectivity index (χ2v) is 9.94. The van der Waals surface area contributed by atoms with Gasteiger partial charge < -0.3 is 24.0 Å². The van der Waals surface area contributed by atoms with Crippen molar-refractivity contribution < 1.29 is 19.0 Å². The van der Waals surface area contributed by atoms with Crippen LogP contribution < -0.4 is 14.2 Å². The minimum absolute atomic E-state index is 0.0835. The highest BCUT2D eigenvalue weighted by Crippen LogP contribution is 2.33. The number of ether oxygens (including phenoxy) is 3. The van der Waals surface area contributed by atoms with Crippen LogP contribution in [-0.4, -0.2) is 63.2 Å². The van der Waals surface area contributed by atoms with E-state index in [9.17, 15) is 4.79 Å². The highest BCUT2D eigenvalue weighted by molar-refractivity contribution is 5.97. The number of allylic oxidation sites excluding steroid dienone is 2. The Labute approximate surface area is 225 Å². The molecule has 198 valence electrons. The monoisotopic (exact) mass is 512 g/mol. The minimum atomic E-state index is 0.0835. The molecule has 0 saturated heterocycles. The maximum Gasteiger partial charge on any atom is 0.254 e. The molecule has 2 aliphatic rings. The molecule has 3 aromatic rings. The molecule has 6 heteroatoms. The molecule has 6 nitrogen and oxygen atoms in total. The smallest absolute Gasteiger partial charge is 0.254 e. The molecule has 0 bridgehead atoms. The summed E-state index contributed by atoms with van der Waals surface area (Å²) in [5, 5.41) is 2.44. The standard InChI is InChI=1S/C32H36N2O4/c1-36-28-11-10-25-18-23(8-9-26(25)19-28)12-16-33-14-4-6-24(22-33)7-5-15-34-17-13-27-20-30(37-2)31(38-3)21-29(27)32(34)35/h4,6,8-11,14,18-21H,5,7,12-13,15-17,22H2,1-3H3. The van der Waals surface area contributed by atoms with E-state index < -0.39 is 0 Å². The molecular weight excluding hydrogens is 476 g/mol. The van der Waals surface area contributed by atoms with Gasteiger partial charge in [-0.2, -0.15) is 0 Å². The topological polar surface area (TPSA) is 51.2 Å². The molecule has 5 rings (SSSR count). The van der Waals surface area contributed by atoms with Crippen LogP contribution in [0.5, 0.6) is 17.2 Å². The van der Waals surface area contributed by atoms with Gasteiger partial charge >= 0.3 is 0 Å². The molecule has 0 N–H and O–H groups in total. The van der Waals surface area contributed by atoms with E-state index in [-0.39, 0.29) is 5.91 Å². The van der Waals surface area contributed by atoms with E-state index in [2.05, 4.69) is 53.6 Å². The summed E-state index contributed by atoms with van der Waals surface area (Å²) in [5.41, 5.74) is 4.51. The quantitative estimate of drug-likeness (QED) is 0.352. The van der Waals surface area contributed by atoms with Crippen molar-refractivity contribution in [2.45, 2.75) is 25.7 Å². The van der Waals surface area contributed by atoms with E-state index in [1.807, 2.05) is 23.1 Å². The van der Waals surface area contributed by atoms with E-state index in [4.69, 9.17) is 14.2 Å². The van der Waals surface area contributed by atoms with Crippen LogP contribution in [0.1, 0.15) is 34.3 Å². The first kappa shape index (κ1) is 25.7. The lowest BCUT2D eigenvalue weighted by atomic mass is 9.97. The van der Waals surface area contributed by atoms with E-state index in [0.29, 0.717) is 11.5 Å². The maximum atomic E-state index is 13.1. The van der Waals surface area contributed by atoms with Gasteiger partial charge in [-0.15, -0.1) is 0 Å². The van der Waals surface area contributed by atoms with E-state index in [1.165, 1.54) is 21.9 Å². The number of amides is 1. The predicted octanol–water partition coefficient (Wildman–Crippen LogP) is 5.64. The SMILES string of the molecule is COc1ccc2cc(CCN3C=CC=C(CCCN4CCc5cc(OC)c(OC)cc5C4=O)C3)ccc2c1. The average Bonchev–Trinajstić information content (AvgIpc) is 2.96. The molecule has 2 aliphatic heterocycles. The number of hydrogen-bond donors (Lipinski definition) is 0. The van der Waals surface area contributed by atoms with Crippen LogP contribution in [0.25, 0.3) is 10.8 Å². The molecule has 0 atom stereocenters. The molecule has 0 unspecified atom stereocenters. The van der Waals surface area contributed by atoms with Crippen molar-refractivity contribution >= 4 is 16.7 Å². The third kappa shape index (κ3) is 5.64. The molecule has 0 saturated carbocycles. The molecule has 0 fully saturated rings. The summed E-state index contributed by atoms with van der Waals surface area (Å²) in [6.07, 6.45) is 10.3. The second kappa shape index (κ2) is 11.6. The van der Waals surface area contributed by atoms with E-state index >= 15 is 0 Å². The Hall–Kier alpha value is -3.93. The Kier molecular flexibility index (Phi) is 7.87. The normalized spacial score (nSPS) is 14.9. The fourth-order valence-electron chi connectivity index (χ4n) is 5.38. The highest BCUT2D eigenvalue weighted by atomic mass is 16.5. The van der Waals surface area contributed by atoms with Crippen LogP contribution in [0.15, 0.2) is 72.5 Å². The van der Waals surface area contributed by atoms with Gasteiger partial charge in [0.2, 0.25) is 0 Å². The van der Waals surface area contributed by atoms with Gasteiger partial charge in [-0.1, -0.05) is 35.9 Å². The number of fused-ring (bicyclic) bond motifs is 2. The summed E-state index contributed by atoms with van der Waals surface area (Å²) in [5.74, 6) is 2.25. The number of benzene rings is 3. The number of methoxy groups -OCH3 is 3. The Bertz CT molecular complexity index is 1380. The van der Waals surface area contributed by atoms with Gasteiger partial charge in [-0.05, 0) is 84.1 Å². The molecule has 0 radical (unpaired) electrons. The molecule has 38 heavy (non-hydrogen) atoms. The summed E-state index contributed by atoms with van der Waals surface area (Å²) < 4.78 is 16.2. The first-order valence-corrected chi connectivity index (χ1v) is 13.3. The van der Waals surface area contributed by atoms with Crippen molar-refractivity contribution in [3.8, 4) is 17.2 Å². The summed E-state index contributed by atoms with van der Waals surface area (Å²) in [6, 6.07) is 16.6. The third-order valence-corrected chi connectivity index (χ3v) is 7.54. The zero-order chi connectivity index (χ0) is 26.5. The number of carbonyl (C=O) groups excluding carboxylic acids is 1. The Morgan fingerprint density at radius 2 is 1.63 bits per heavy atom. The number of hydrogen-bond acceptors (Lipinski definition) is 5. The molecule has 0 aliphatic carbocycles. The lowest BCUT2D eigenvalue weighted by molar-refractivity contribution is 0.0737. The van der Waals surface area contributed by atoms with Crippen molar-refractivity contribution in [3.05, 3.63) is 89.1 Å². The summed E-state index contributed by atoms with van der Waals surface area (Å²) in [6.45, 7) is 3.41. The zero-order valence-electron chi connectivity index (χ0n) is 22.5. The van der Waals surface area contributed by atoms with Crippen LogP contribution in [0.2, 0.25) is 0 Å². The van der Waals surface area contributed by atoms with Crippen molar-refractivity contribution in [2.75, 3.05) is 47.5 Å². The van der Waals surface area contributed by atoms with E-state index in [1.54, 1.807) is 21.3 Å². The molecule has 1 amide bonds. The first-order chi connectivity index (χ1) is 18.6. The molecular formula is C32H36N2O4. The van der Waals surface area contributed by atoms with Gasteiger partial charge in [0.05, 0.1) is 21.3 Å². The minimum Gasteiger partial charge on any atom is -0.497 e. The predicted molar refractivity (Wildman–Crippen MR) is 151 cm³/mol. The van der Waals surface area contributed by atoms with Crippen molar-refractivity contribution in [1.82, 2.24) is 9.80 Å². The van der Waals surface area contributed by atoms with Crippen molar-refractivity contribution in [3.63, 3.8) is 0 Å². The fourth-order valence-corrected chi connectivity index (χ4v) is 5.38. The van der Waals surface area contributed by atoms with Gasteiger partial charge in [-0.3, -0.25) is 4.79 Å². The number of rotatable bonds is 10. The largest absolute Gasteiger partial charge is 0.497 e. The van der Waals surface area contributed by atoms with Crippen molar-refractivity contribution in [2.24, 2.45) is 0 Å². The Morgan fingerprint density at radius 3 is 2.45 bits per heavy atom. The summed E-state index contributed by atoms with van der Waals surface area (Å²) in [4.78, 5) is 17.5. The summed E-state index contributed by atoms with van der Waals surface area (Å²) >= 11 is 0. The third-order valence-electron chi connectivity index (χ3n) is 7.54. The maximum absolute atomic E-state index is 13.1. The lowest BCUT2D eigenvalue weighted by Gasteiger charge is -2.30. The summed E-state index contributed by atoms with van der Waals surface area (Å²) in [7, 11) is 4.93. The molecule has 2 heterocycles. The van der Waals surface area contributed by atoms with E-state index in [0.717, 1.165) is 68.7 Å². The first-order valence-electron chi connectivity index (χ1n) is 13.3. The molecule has 3 aromatic carbocycles. The Balaban J connectivity index is 1.11. The van der Waals surface area contributed by atoms with Crippen LogP contribution >= 0.6 is 0 Å². The number of nitrogens with zero attached hydrogens (tertiary/aromatic N) is 2. The van der Waals surface area contributed by atoms with Crippen LogP contribution in [-0.2, 0) is 12.8 Å².